The van der Waals surface area contributed by atoms with Gasteiger partial charge in [0.25, 0.3) is 0 Å². The lowest BCUT2D eigenvalue weighted by atomic mass is 10.2. The van der Waals surface area contributed by atoms with Crippen molar-refractivity contribution in [1.29, 1.82) is 0 Å². The zero-order valence-corrected chi connectivity index (χ0v) is 12.9. The Balaban J connectivity index is 2.07. The van der Waals surface area contributed by atoms with E-state index in [0.717, 1.165) is 30.4 Å². The molecule has 4 heteroatoms. The van der Waals surface area contributed by atoms with Gasteiger partial charge in [0.2, 0.25) is 0 Å². The van der Waals surface area contributed by atoms with E-state index in [1.165, 1.54) is 18.4 Å². The van der Waals surface area contributed by atoms with Crippen LogP contribution in [0, 0.1) is 0 Å². The van der Waals surface area contributed by atoms with E-state index in [-0.39, 0.29) is 0 Å². The first-order valence-electron chi connectivity index (χ1n) is 7.26. The van der Waals surface area contributed by atoms with Crippen LogP contribution in [0.25, 0.3) is 0 Å². The third-order valence-corrected chi connectivity index (χ3v) is 3.69. The molecule has 0 aromatic carbocycles. The summed E-state index contributed by atoms with van der Waals surface area (Å²) in [5.41, 5.74) is 1.17. The van der Waals surface area contributed by atoms with Gasteiger partial charge in [0.15, 0.2) is 0 Å². The van der Waals surface area contributed by atoms with E-state index in [9.17, 15) is 0 Å². The normalized spacial score (nSPS) is 15.0. The average Bonchev–Trinajstić information content (AvgIpc) is 3.18. The molecule has 0 spiro atoms. The van der Waals surface area contributed by atoms with Gasteiger partial charge in [0, 0.05) is 31.4 Å². The molecule has 1 N–H and O–H groups in total. The number of pyridine rings is 1. The van der Waals surface area contributed by atoms with Gasteiger partial charge in [-0.05, 0) is 44.7 Å². The lowest BCUT2D eigenvalue weighted by Gasteiger charge is -2.28. The van der Waals surface area contributed by atoms with Crippen LogP contribution in [0.5, 0.6) is 0 Å². The number of hydrogen-bond donors (Lipinski definition) is 1. The minimum absolute atomic E-state index is 0.417. The molecule has 19 heavy (non-hydrogen) atoms. The smallest absolute Gasteiger partial charge is 0.147 e. The average molecular weight is 282 g/mol. The first-order valence-corrected chi connectivity index (χ1v) is 7.64. The molecule has 1 aromatic heterocycles. The molecule has 0 amide bonds. The summed E-state index contributed by atoms with van der Waals surface area (Å²) in [7, 11) is 0. The highest BCUT2D eigenvalue weighted by Crippen LogP contribution is 2.26. The highest BCUT2D eigenvalue weighted by molar-refractivity contribution is 6.33. The quantitative estimate of drug-likeness (QED) is 0.827. The Bertz CT molecular complexity index is 416. The molecule has 1 aliphatic carbocycles. The number of anilines is 1. The van der Waals surface area contributed by atoms with Crippen molar-refractivity contribution in [2.75, 3.05) is 11.4 Å². The van der Waals surface area contributed by atoms with Crippen LogP contribution in [0.15, 0.2) is 12.3 Å². The maximum atomic E-state index is 6.40. The predicted octanol–water partition coefficient (Wildman–Crippen LogP) is 3.61. The van der Waals surface area contributed by atoms with Gasteiger partial charge in [-0.15, -0.1) is 0 Å². The van der Waals surface area contributed by atoms with Crippen molar-refractivity contribution in [3.63, 3.8) is 0 Å². The van der Waals surface area contributed by atoms with Gasteiger partial charge in [0.1, 0.15) is 5.82 Å². The molecule has 0 bridgehead atoms. The second-order valence-electron chi connectivity index (χ2n) is 5.59. The van der Waals surface area contributed by atoms with E-state index in [1.807, 2.05) is 12.3 Å². The number of halogens is 1. The summed E-state index contributed by atoms with van der Waals surface area (Å²) >= 11 is 6.40. The van der Waals surface area contributed by atoms with Crippen LogP contribution >= 0.6 is 11.6 Å². The summed E-state index contributed by atoms with van der Waals surface area (Å²) in [4.78, 5) is 6.84. The minimum Gasteiger partial charge on any atom is -0.353 e. The summed E-state index contributed by atoms with van der Waals surface area (Å²) in [5, 5.41) is 4.25. The van der Waals surface area contributed by atoms with Crippen molar-refractivity contribution in [2.45, 2.75) is 58.7 Å². The molecule has 106 valence electrons. The van der Waals surface area contributed by atoms with E-state index in [4.69, 9.17) is 11.6 Å². The third-order valence-electron chi connectivity index (χ3n) is 3.41. The van der Waals surface area contributed by atoms with E-state index < -0.39 is 0 Å². The van der Waals surface area contributed by atoms with Gasteiger partial charge in [-0.2, -0.15) is 0 Å². The van der Waals surface area contributed by atoms with Crippen LogP contribution in [0.1, 0.15) is 45.6 Å². The molecule has 3 nitrogen and oxygen atoms in total. The van der Waals surface area contributed by atoms with E-state index in [0.29, 0.717) is 12.1 Å². The van der Waals surface area contributed by atoms with Crippen molar-refractivity contribution >= 4 is 17.4 Å². The number of nitrogens with one attached hydrogen (secondary N) is 1. The Morgan fingerprint density at radius 3 is 2.74 bits per heavy atom. The largest absolute Gasteiger partial charge is 0.353 e. The molecule has 1 heterocycles. The van der Waals surface area contributed by atoms with Crippen molar-refractivity contribution in [1.82, 2.24) is 10.3 Å². The molecule has 1 aromatic rings. The van der Waals surface area contributed by atoms with Gasteiger partial charge in [-0.25, -0.2) is 4.98 Å². The number of hydrogen-bond acceptors (Lipinski definition) is 3. The van der Waals surface area contributed by atoms with Gasteiger partial charge >= 0.3 is 0 Å². The molecule has 0 saturated heterocycles. The molecule has 2 rings (SSSR count). The SMILES string of the molecule is CCCN(c1ncc(CNC2CC2)cc1Cl)C(C)C. The Morgan fingerprint density at radius 1 is 1.47 bits per heavy atom. The molecule has 0 unspecified atom stereocenters. The van der Waals surface area contributed by atoms with Crippen LogP contribution in [0.3, 0.4) is 0 Å². The first kappa shape index (κ1) is 14.6. The molecule has 1 fully saturated rings. The highest BCUT2D eigenvalue weighted by atomic mass is 35.5. The number of rotatable bonds is 7. The first-order chi connectivity index (χ1) is 9.11. The summed E-state index contributed by atoms with van der Waals surface area (Å²) in [6.45, 7) is 8.39. The van der Waals surface area contributed by atoms with Crippen LogP contribution in [-0.2, 0) is 6.54 Å². The van der Waals surface area contributed by atoms with Crippen molar-refractivity contribution in [3.05, 3.63) is 22.8 Å². The maximum Gasteiger partial charge on any atom is 0.147 e. The minimum atomic E-state index is 0.417. The van der Waals surface area contributed by atoms with Crippen LogP contribution in [0.2, 0.25) is 5.02 Å². The standard InChI is InChI=1S/C15H24ClN3/c1-4-7-19(11(2)3)15-14(16)8-12(10-18-15)9-17-13-5-6-13/h8,10-11,13,17H,4-7,9H2,1-3H3. The number of nitrogens with zero attached hydrogens (tertiary/aromatic N) is 2. The molecule has 1 saturated carbocycles. The van der Waals surface area contributed by atoms with E-state index in [2.05, 4.69) is 36.0 Å². The fourth-order valence-electron chi connectivity index (χ4n) is 2.18. The van der Waals surface area contributed by atoms with Gasteiger partial charge in [-0.1, -0.05) is 18.5 Å². The molecule has 1 aliphatic rings. The lowest BCUT2D eigenvalue weighted by Crippen LogP contribution is -2.32. The Labute approximate surface area is 121 Å². The molecule has 0 radical (unpaired) electrons. The number of aromatic nitrogens is 1. The van der Waals surface area contributed by atoms with Crippen LogP contribution in [-0.4, -0.2) is 23.6 Å². The van der Waals surface area contributed by atoms with E-state index >= 15 is 0 Å². The zero-order chi connectivity index (χ0) is 13.8. The lowest BCUT2D eigenvalue weighted by molar-refractivity contribution is 0.659. The van der Waals surface area contributed by atoms with Gasteiger partial charge in [-0.3, -0.25) is 0 Å². The second kappa shape index (κ2) is 6.58. The maximum absolute atomic E-state index is 6.40. The fourth-order valence-corrected chi connectivity index (χ4v) is 2.48. The second-order valence-corrected chi connectivity index (χ2v) is 6.00. The molecule has 0 atom stereocenters. The summed E-state index contributed by atoms with van der Waals surface area (Å²) < 4.78 is 0. The van der Waals surface area contributed by atoms with Gasteiger partial charge < -0.3 is 10.2 Å². The van der Waals surface area contributed by atoms with Crippen molar-refractivity contribution in [2.24, 2.45) is 0 Å². The summed E-state index contributed by atoms with van der Waals surface area (Å²) in [5.74, 6) is 0.911. The Morgan fingerprint density at radius 2 is 2.21 bits per heavy atom. The van der Waals surface area contributed by atoms with Crippen LogP contribution in [0.4, 0.5) is 5.82 Å². The monoisotopic (exact) mass is 281 g/mol. The third kappa shape index (κ3) is 4.08. The van der Waals surface area contributed by atoms with Crippen molar-refractivity contribution in [3.8, 4) is 0 Å². The Kier molecular flexibility index (Phi) is 5.06. The van der Waals surface area contributed by atoms with Crippen LogP contribution < -0.4 is 10.2 Å². The molecule has 0 aliphatic heterocycles. The fraction of sp³-hybridized carbons (Fsp3) is 0.667. The summed E-state index contributed by atoms with van der Waals surface area (Å²) in [6.07, 6.45) is 5.65. The van der Waals surface area contributed by atoms with E-state index in [1.54, 1.807) is 0 Å². The zero-order valence-electron chi connectivity index (χ0n) is 12.1. The topological polar surface area (TPSA) is 28.2 Å². The predicted molar refractivity (Wildman–Crippen MR) is 81.9 cm³/mol. The van der Waals surface area contributed by atoms with Gasteiger partial charge in [0.05, 0.1) is 5.02 Å². The highest BCUT2D eigenvalue weighted by Gasteiger charge is 2.20. The molecular formula is C15H24ClN3. The Hall–Kier alpha value is -0.800. The molecular weight excluding hydrogens is 258 g/mol. The van der Waals surface area contributed by atoms with Crippen molar-refractivity contribution < 1.29 is 0 Å². The summed E-state index contributed by atoms with van der Waals surface area (Å²) in [6, 6.07) is 3.18.